The van der Waals surface area contributed by atoms with Crippen LogP contribution < -0.4 is 0 Å². The number of rotatable bonds is 3. The van der Waals surface area contributed by atoms with Crippen LogP contribution in [0.4, 0.5) is 0 Å². The zero-order valence-corrected chi connectivity index (χ0v) is 12.5. The Balaban J connectivity index is 2.08. The molecule has 0 heterocycles. The zero-order valence-electron chi connectivity index (χ0n) is 11.7. The van der Waals surface area contributed by atoms with E-state index in [2.05, 4.69) is 0 Å². The molecule has 21 heavy (non-hydrogen) atoms. The van der Waals surface area contributed by atoms with E-state index in [1.54, 1.807) is 19.1 Å². The lowest BCUT2D eigenvalue weighted by atomic mass is 10.1. The number of sulfone groups is 1. The number of benzene rings is 3. The van der Waals surface area contributed by atoms with Crippen LogP contribution in [0, 0.1) is 0 Å². The van der Waals surface area contributed by atoms with Gasteiger partial charge in [-0.15, -0.1) is 0 Å². The molecule has 0 amide bonds. The summed E-state index contributed by atoms with van der Waals surface area (Å²) in [5.74, 6) is 0. The van der Waals surface area contributed by atoms with Crippen molar-refractivity contribution in [2.45, 2.75) is 17.1 Å². The van der Waals surface area contributed by atoms with Crippen molar-refractivity contribution < 1.29 is 8.42 Å². The van der Waals surface area contributed by atoms with Crippen LogP contribution in [0.2, 0.25) is 0 Å². The second-order valence-corrected chi connectivity index (χ2v) is 7.38. The van der Waals surface area contributed by atoms with Gasteiger partial charge in [0.1, 0.15) is 0 Å². The lowest BCUT2D eigenvalue weighted by molar-refractivity contribution is 0.586. The van der Waals surface area contributed by atoms with E-state index in [9.17, 15) is 8.42 Å². The van der Waals surface area contributed by atoms with Crippen LogP contribution in [0.5, 0.6) is 0 Å². The average molecular weight is 296 g/mol. The SMILES string of the molecule is C[C@H](c1ccccc1)S(=O)(=O)c1ccc2ccccc2c1. The molecule has 0 unspecified atom stereocenters. The molecule has 3 rings (SSSR count). The van der Waals surface area contributed by atoms with Crippen LogP contribution in [0.3, 0.4) is 0 Å². The molecule has 0 N–H and O–H groups in total. The summed E-state index contributed by atoms with van der Waals surface area (Å²) in [4.78, 5) is 0.373. The van der Waals surface area contributed by atoms with Crippen molar-refractivity contribution in [1.82, 2.24) is 0 Å². The first-order chi connectivity index (χ1) is 10.1. The van der Waals surface area contributed by atoms with Crippen molar-refractivity contribution in [3.05, 3.63) is 78.4 Å². The van der Waals surface area contributed by atoms with Gasteiger partial charge in [-0.2, -0.15) is 0 Å². The van der Waals surface area contributed by atoms with Crippen LogP contribution in [0.25, 0.3) is 10.8 Å². The third-order valence-electron chi connectivity index (χ3n) is 3.78. The summed E-state index contributed by atoms with van der Waals surface area (Å²) in [5, 5.41) is 1.43. The highest BCUT2D eigenvalue weighted by molar-refractivity contribution is 7.91. The van der Waals surface area contributed by atoms with Crippen LogP contribution in [-0.4, -0.2) is 8.42 Å². The smallest absolute Gasteiger partial charge is 0.185 e. The van der Waals surface area contributed by atoms with E-state index in [1.807, 2.05) is 60.7 Å². The maximum Gasteiger partial charge on any atom is 0.185 e. The maximum atomic E-state index is 12.8. The molecular formula is C18H16O2S. The Bertz CT molecular complexity index is 868. The summed E-state index contributed by atoms with van der Waals surface area (Å²) in [6, 6.07) is 22.4. The number of hydrogen-bond acceptors (Lipinski definition) is 2. The molecule has 0 saturated carbocycles. The minimum Gasteiger partial charge on any atom is -0.223 e. The van der Waals surface area contributed by atoms with E-state index < -0.39 is 15.1 Å². The standard InChI is InChI=1S/C18H16O2S/c1-14(15-7-3-2-4-8-15)21(19,20)18-12-11-16-9-5-6-10-17(16)13-18/h2-14H,1H3/t14-/m1/s1. The summed E-state index contributed by atoms with van der Waals surface area (Å²) in [7, 11) is -3.38. The number of fused-ring (bicyclic) bond motifs is 1. The van der Waals surface area contributed by atoms with E-state index in [1.165, 1.54) is 0 Å². The highest BCUT2D eigenvalue weighted by Gasteiger charge is 2.24. The van der Waals surface area contributed by atoms with Crippen molar-refractivity contribution in [2.24, 2.45) is 0 Å². The van der Waals surface area contributed by atoms with Gasteiger partial charge in [-0.1, -0.05) is 60.7 Å². The summed E-state index contributed by atoms with van der Waals surface area (Å²) < 4.78 is 25.6. The van der Waals surface area contributed by atoms with Gasteiger partial charge in [0.25, 0.3) is 0 Å². The fraction of sp³-hybridized carbons (Fsp3) is 0.111. The fourth-order valence-electron chi connectivity index (χ4n) is 2.45. The predicted octanol–water partition coefficient (Wildman–Crippen LogP) is 4.37. The van der Waals surface area contributed by atoms with Gasteiger partial charge in [-0.05, 0) is 35.4 Å². The van der Waals surface area contributed by atoms with Crippen molar-refractivity contribution in [3.8, 4) is 0 Å². The lowest BCUT2D eigenvalue weighted by Crippen LogP contribution is -2.10. The first kappa shape index (κ1) is 13.8. The predicted molar refractivity (Wildman–Crippen MR) is 86.0 cm³/mol. The largest absolute Gasteiger partial charge is 0.223 e. The Morgan fingerprint density at radius 2 is 1.38 bits per heavy atom. The topological polar surface area (TPSA) is 34.1 Å². The molecule has 2 nitrogen and oxygen atoms in total. The molecule has 0 fully saturated rings. The van der Waals surface area contributed by atoms with Gasteiger partial charge in [-0.25, -0.2) is 8.42 Å². The molecule has 0 aliphatic heterocycles. The zero-order chi connectivity index (χ0) is 14.9. The molecule has 0 aliphatic rings. The third kappa shape index (κ3) is 2.57. The van der Waals surface area contributed by atoms with Gasteiger partial charge < -0.3 is 0 Å². The second kappa shape index (κ2) is 5.34. The molecule has 0 aliphatic carbocycles. The summed E-state index contributed by atoms with van der Waals surface area (Å²) in [5.41, 5.74) is 0.811. The van der Waals surface area contributed by atoms with Crippen molar-refractivity contribution in [1.29, 1.82) is 0 Å². The lowest BCUT2D eigenvalue weighted by Gasteiger charge is -2.14. The first-order valence-corrected chi connectivity index (χ1v) is 8.41. The molecule has 106 valence electrons. The Hall–Kier alpha value is -2.13. The minimum atomic E-state index is -3.38. The highest BCUT2D eigenvalue weighted by Crippen LogP contribution is 2.30. The molecule has 3 heteroatoms. The molecule has 0 spiro atoms. The number of hydrogen-bond donors (Lipinski definition) is 0. The normalized spacial score (nSPS) is 13.2. The first-order valence-electron chi connectivity index (χ1n) is 6.87. The van der Waals surface area contributed by atoms with Gasteiger partial charge in [-0.3, -0.25) is 0 Å². The third-order valence-corrected chi connectivity index (χ3v) is 5.90. The van der Waals surface area contributed by atoms with Crippen LogP contribution in [0.1, 0.15) is 17.7 Å². The molecule has 3 aromatic rings. The Kier molecular flexibility index (Phi) is 3.52. The highest BCUT2D eigenvalue weighted by atomic mass is 32.2. The van der Waals surface area contributed by atoms with Gasteiger partial charge >= 0.3 is 0 Å². The molecule has 0 saturated heterocycles. The Morgan fingerprint density at radius 3 is 2.10 bits per heavy atom. The van der Waals surface area contributed by atoms with Gasteiger partial charge in [0, 0.05) is 0 Å². The van der Waals surface area contributed by atoms with Crippen LogP contribution in [0.15, 0.2) is 77.7 Å². The van der Waals surface area contributed by atoms with Crippen molar-refractivity contribution in [3.63, 3.8) is 0 Å². The van der Waals surface area contributed by atoms with E-state index >= 15 is 0 Å². The van der Waals surface area contributed by atoms with Crippen LogP contribution >= 0.6 is 0 Å². The monoisotopic (exact) mass is 296 g/mol. The van der Waals surface area contributed by atoms with Crippen molar-refractivity contribution in [2.75, 3.05) is 0 Å². The quantitative estimate of drug-likeness (QED) is 0.719. The maximum absolute atomic E-state index is 12.8. The van der Waals surface area contributed by atoms with Gasteiger partial charge in [0.05, 0.1) is 10.1 Å². The molecular weight excluding hydrogens is 280 g/mol. The van der Waals surface area contributed by atoms with Gasteiger partial charge in [0.15, 0.2) is 9.84 Å². The van der Waals surface area contributed by atoms with E-state index in [4.69, 9.17) is 0 Å². The summed E-state index contributed by atoms with van der Waals surface area (Å²) >= 11 is 0. The average Bonchev–Trinajstić information content (AvgIpc) is 2.54. The van der Waals surface area contributed by atoms with Gasteiger partial charge in [0.2, 0.25) is 0 Å². The molecule has 0 bridgehead atoms. The molecule has 1 atom stereocenters. The van der Waals surface area contributed by atoms with Crippen LogP contribution in [-0.2, 0) is 9.84 Å². The molecule has 0 radical (unpaired) electrons. The molecule has 0 aromatic heterocycles. The van der Waals surface area contributed by atoms with E-state index in [0.717, 1.165) is 16.3 Å². The van der Waals surface area contributed by atoms with Crippen molar-refractivity contribution >= 4 is 20.6 Å². The Morgan fingerprint density at radius 1 is 0.762 bits per heavy atom. The summed E-state index contributed by atoms with van der Waals surface area (Å²) in [6.45, 7) is 1.74. The summed E-state index contributed by atoms with van der Waals surface area (Å²) in [6.07, 6.45) is 0. The van der Waals surface area contributed by atoms with E-state index in [0.29, 0.717) is 4.90 Å². The second-order valence-electron chi connectivity index (χ2n) is 5.11. The Labute approximate surface area is 125 Å². The van der Waals surface area contributed by atoms with E-state index in [-0.39, 0.29) is 0 Å². The molecule has 3 aromatic carbocycles. The fourth-order valence-corrected chi connectivity index (χ4v) is 3.92. The minimum absolute atomic E-state index is 0.373.